The van der Waals surface area contributed by atoms with E-state index in [0.29, 0.717) is 5.92 Å². The number of unbranched alkanes of at least 4 members (excludes halogenated alkanes) is 2. The van der Waals surface area contributed by atoms with E-state index in [2.05, 4.69) is 66.8 Å². The summed E-state index contributed by atoms with van der Waals surface area (Å²) in [4.78, 5) is 32.5. The van der Waals surface area contributed by atoms with Crippen LogP contribution >= 0.6 is 0 Å². The zero-order valence-electron chi connectivity index (χ0n) is 28.9. The number of rotatable bonds is 11. The largest absolute Gasteiger partial charge is 0.359 e. The molecule has 3 aromatic rings. The minimum atomic E-state index is -0.505. The van der Waals surface area contributed by atoms with Crippen molar-refractivity contribution in [2.75, 3.05) is 7.05 Å². The van der Waals surface area contributed by atoms with Gasteiger partial charge in [0.25, 0.3) is 0 Å². The first-order valence-corrected chi connectivity index (χ1v) is 16.2. The Morgan fingerprint density at radius 2 is 1.14 bits per heavy atom. The molecular weight excluding hydrogens is 530 g/mol. The number of hydrogen-bond acceptors (Lipinski definition) is 3. The zero-order chi connectivity index (χ0) is 33.2. The number of hydrogen-bond donors (Lipinski definition) is 1. The van der Waals surface area contributed by atoms with E-state index in [9.17, 15) is 14.4 Å². The lowest BCUT2D eigenvalue weighted by atomic mass is 9.92. The number of benzene rings is 3. The molecule has 0 bridgehead atoms. The van der Waals surface area contributed by atoms with Crippen molar-refractivity contribution in [1.29, 1.82) is 0 Å². The molecular formula is C39H59NO3. The van der Waals surface area contributed by atoms with E-state index in [1.807, 2.05) is 65.8 Å². The van der Waals surface area contributed by atoms with Crippen molar-refractivity contribution < 1.29 is 14.4 Å². The van der Waals surface area contributed by atoms with Gasteiger partial charge in [0.1, 0.15) is 5.78 Å². The van der Waals surface area contributed by atoms with Crippen LogP contribution in [0.15, 0.2) is 78.9 Å². The number of amides is 1. The molecule has 0 fully saturated rings. The first-order chi connectivity index (χ1) is 20.7. The molecule has 3 rings (SSSR count). The van der Waals surface area contributed by atoms with Crippen molar-refractivity contribution in [3.63, 3.8) is 0 Å². The number of ketones is 2. The molecule has 1 amide bonds. The van der Waals surface area contributed by atoms with Crippen LogP contribution in [0.3, 0.4) is 0 Å². The van der Waals surface area contributed by atoms with Crippen LogP contribution in [0.1, 0.15) is 122 Å². The monoisotopic (exact) mass is 589 g/mol. The summed E-state index contributed by atoms with van der Waals surface area (Å²) < 4.78 is 0. The molecule has 0 heterocycles. The molecule has 2 unspecified atom stereocenters. The summed E-state index contributed by atoms with van der Waals surface area (Å²) in [5, 5.41) is 2.39. The number of aryl methyl sites for hydroxylation is 1. The van der Waals surface area contributed by atoms with Gasteiger partial charge in [0, 0.05) is 12.6 Å². The normalized spacial score (nSPS) is 10.8. The lowest BCUT2D eigenvalue weighted by Crippen LogP contribution is -2.29. The van der Waals surface area contributed by atoms with Crippen molar-refractivity contribution in [2.45, 2.75) is 107 Å². The molecule has 0 spiro atoms. The molecule has 0 aliphatic heterocycles. The Bertz CT molecular complexity index is 1120. The molecule has 1 N–H and O–H groups in total. The highest BCUT2D eigenvalue weighted by molar-refractivity contribution is 5.99. The summed E-state index contributed by atoms with van der Waals surface area (Å²) in [5.41, 5.74) is 5.98. The van der Waals surface area contributed by atoms with Gasteiger partial charge in [-0.1, -0.05) is 140 Å². The molecule has 43 heavy (non-hydrogen) atoms. The SMILES string of the molecule is CC.CC.CC.CC(=O)c1ccc(-c2ccc(C(C)CCCCCc3ccccc3)cc2)cc1.CNC(=O)C(C)C(C)=O. The molecule has 4 nitrogen and oxygen atoms in total. The smallest absolute Gasteiger partial charge is 0.230 e. The van der Waals surface area contributed by atoms with Gasteiger partial charge in [-0.05, 0) is 68.2 Å². The highest BCUT2D eigenvalue weighted by atomic mass is 16.2. The molecule has 0 saturated carbocycles. The Kier molecular flexibility index (Phi) is 25.3. The van der Waals surface area contributed by atoms with Crippen molar-refractivity contribution in [2.24, 2.45) is 5.92 Å². The summed E-state index contributed by atoms with van der Waals surface area (Å²) in [6, 6.07) is 27.5. The molecule has 3 aromatic carbocycles. The highest BCUT2D eigenvalue weighted by Gasteiger charge is 2.14. The Balaban J connectivity index is 0. The van der Waals surface area contributed by atoms with E-state index in [0.717, 1.165) is 11.1 Å². The first kappa shape index (κ1) is 41.6. The van der Waals surface area contributed by atoms with Gasteiger partial charge in [0.15, 0.2) is 5.78 Å². The maximum absolute atomic E-state index is 11.4. The Hall–Kier alpha value is -3.53. The van der Waals surface area contributed by atoms with Crippen LogP contribution in [-0.2, 0) is 16.0 Å². The lowest BCUT2D eigenvalue weighted by Gasteiger charge is -2.13. The molecule has 4 heteroatoms. The predicted octanol–water partition coefficient (Wildman–Crippen LogP) is 10.5. The summed E-state index contributed by atoms with van der Waals surface area (Å²) >= 11 is 0. The quantitative estimate of drug-likeness (QED) is 0.137. The maximum atomic E-state index is 11.4. The Labute approximate surface area is 263 Å². The third kappa shape index (κ3) is 17.2. The molecule has 0 aromatic heterocycles. The fourth-order valence-electron chi connectivity index (χ4n) is 4.07. The minimum absolute atomic E-state index is 0.102. The molecule has 0 saturated heterocycles. The third-order valence-corrected chi connectivity index (χ3v) is 6.80. The van der Waals surface area contributed by atoms with E-state index in [4.69, 9.17) is 0 Å². The first-order valence-electron chi connectivity index (χ1n) is 16.2. The molecule has 0 aliphatic carbocycles. The average molecular weight is 590 g/mol. The standard InChI is InChI=1S/C27H30O.C6H11NO2.3C2H6/c1-21(9-5-3-6-10-23-11-7-4-8-12-23)24-13-17-26(18-14-24)27-19-15-25(16-20-27)22(2)28;1-4(5(2)8)6(9)7-3;3*1-2/h4,7-8,11-21H,3,5-6,9-10H2,1-2H3;4H,1-3H3,(H,7,9);3*1-2H3. The second kappa shape index (κ2) is 26.1. The van der Waals surface area contributed by atoms with E-state index in [1.165, 1.54) is 62.8 Å². The molecule has 0 radical (unpaired) electrons. The minimum Gasteiger partial charge on any atom is -0.359 e. The second-order valence-electron chi connectivity index (χ2n) is 9.69. The van der Waals surface area contributed by atoms with Crippen LogP contribution in [0.5, 0.6) is 0 Å². The van der Waals surface area contributed by atoms with Crippen LogP contribution in [0.25, 0.3) is 11.1 Å². The lowest BCUT2D eigenvalue weighted by molar-refractivity contribution is -0.131. The second-order valence-corrected chi connectivity index (χ2v) is 9.69. The van der Waals surface area contributed by atoms with Gasteiger partial charge in [0.05, 0.1) is 5.92 Å². The van der Waals surface area contributed by atoms with E-state index < -0.39 is 5.92 Å². The zero-order valence-corrected chi connectivity index (χ0v) is 28.9. The van der Waals surface area contributed by atoms with Crippen LogP contribution < -0.4 is 5.32 Å². The van der Waals surface area contributed by atoms with E-state index in [-0.39, 0.29) is 17.5 Å². The van der Waals surface area contributed by atoms with Crippen LogP contribution in [0.4, 0.5) is 0 Å². The number of carbonyl (C=O) groups excluding carboxylic acids is 3. The Morgan fingerprint density at radius 3 is 1.56 bits per heavy atom. The van der Waals surface area contributed by atoms with Gasteiger partial charge in [-0.2, -0.15) is 0 Å². The maximum Gasteiger partial charge on any atom is 0.230 e. The summed E-state index contributed by atoms with van der Waals surface area (Å²) in [6.07, 6.45) is 6.27. The number of Topliss-reactive ketones (excluding diaryl/α,β-unsaturated/α-hetero) is 2. The fourth-order valence-corrected chi connectivity index (χ4v) is 4.07. The summed E-state index contributed by atoms with van der Waals surface area (Å²) in [5.74, 6) is -0.128. The van der Waals surface area contributed by atoms with Crippen molar-refractivity contribution >= 4 is 17.5 Å². The van der Waals surface area contributed by atoms with Crippen molar-refractivity contribution in [1.82, 2.24) is 5.32 Å². The van der Waals surface area contributed by atoms with Gasteiger partial charge in [0.2, 0.25) is 5.91 Å². The van der Waals surface area contributed by atoms with Gasteiger partial charge in [-0.15, -0.1) is 0 Å². The average Bonchev–Trinajstić information content (AvgIpc) is 3.07. The van der Waals surface area contributed by atoms with Gasteiger partial charge >= 0.3 is 0 Å². The fraction of sp³-hybridized carbons (Fsp3) is 0.462. The number of nitrogens with one attached hydrogen (secondary N) is 1. The Morgan fingerprint density at radius 1 is 0.651 bits per heavy atom. The third-order valence-electron chi connectivity index (χ3n) is 6.80. The number of carbonyl (C=O) groups is 3. The topological polar surface area (TPSA) is 63.2 Å². The molecule has 0 aliphatic rings. The van der Waals surface area contributed by atoms with Crippen LogP contribution in [-0.4, -0.2) is 24.5 Å². The van der Waals surface area contributed by atoms with Crippen molar-refractivity contribution in [3.8, 4) is 11.1 Å². The summed E-state index contributed by atoms with van der Waals surface area (Å²) in [6.45, 7) is 18.9. The highest BCUT2D eigenvalue weighted by Crippen LogP contribution is 2.26. The van der Waals surface area contributed by atoms with Gasteiger partial charge in [-0.25, -0.2) is 0 Å². The van der Waals surface area contributed by atoms with Crippen LogP contribution in [0, 0.1) is 5.92 Å². The molecule has 2 atom stereocenters. The molecule has 238 valence electrons. The van der Waals surface area contributed by atoms with E-state index in [1.54, 1.807) is 13.8 Å². The van der Waals surface area contributed by atoms with E-state index >= 15 is 0 Å². The predicted molar refractivity (Wildman–Crippen MR) is 187 cm³/mol. The van der Waals surface area contributed by atoms with Gasteiger partial charge < -0.3 is 5.32 Å². The van der Waals surface area contributed by atoms with Crippen molar-refractivity contribution in [3.05, 3.63) is 95.6 Å². The summed E-state index contributed by atoms with van der Waals surface area (Å²) in [7, 11) is 1.52. The van der Waals surface area contributed by atoms with Gasteiger partial charge in [-0.3, -0.25) is 14.4 Å². The van der Waals surface area contributed by atoms with Crippen LogP contribution in [0.2, 0.25) is 0 Å².